The van der Waals surface area contributed by atoms with Gasteiger partial charge in [-0.15, -0.1) is 6.42 Å². The van der Waals surface area contributed by atoms with Crippen molar-refractivity contribution >= 4 is 5.97 Å². The molecule has 84 valence electrons. The van der Waals surface area contributed by atoms with Crippen LogP contribution in [0.1, 0.15) is 22.8 Å². The third kappa shape index (κ3) is 3.41. The van der Waals surface area contributed by atoms with Crippen LogP contribution < -0.4 is 0 Å². The SMILES string of the molecule is C#CC(C)OC(=O)c1cccc(COC)c1. The van der Waals surface area contributed by atoms with Crippen LogP contribution in [0.3, 0.4) is 0 Å². The van der Waals surface area contributed by atoms with E-state index in [1.54, 1.807) is 32.2 Å². The van der Waals surface area contributed by atoms with Gasteiger partial charge in [-0.05, 0) is 24.6 Å². The molecule has 0 amide bonds. The molecule has 0 radical (unpaired) electrons. The Morgan fingerprint density at radius 2 is 2.31 bits per heavy atom. The zero-order valence-corrected chi connectivity index (χ0v) is 9.40. The van der Waals surface area contributed by atoms with E-state index in [2.05, 4.69) is 5.92 Å². The Morgan fingerprint density at radius 1 is 1.56 bits per heavy atom. The van der Waals surface area contributed by atoms with E-state index in [1.165, 1.54) is 0 Å². The minimum absolute atomic E-state index is 0.414. The van der Waals surface area contributed by atoms with Crippen molar-refractivity contribution in [1.29, 1.82) is 0 Å². The van der Waals surface area contributed by atoms with Crippen LogP contribution in [-0.2, 0) is 16.1 Å². The summed E-state index contributed by atoms with van der Waals surface area (Å²) in [6.45, 7) is 2.11. The van der Waals surface area contributed by atoms with Crippen molar-refractivity contribution in [2.45, 2.75) is 19.6 Å². The van der Waals surface area contributed by atoms with Crippen molar-refractivity contribution in [3.05, 3.63) is 35.4 Å². The number of hydrogen-bond donors (Lipinski definition) is 0. The Bertz CT molecular complexity index is 404. The minimum atomic E-state index is -0.515. The number of esters is 1. The predicted molar refractivity (Wildman–Crippen MR) is 60.9 cm³/mol. The highest BCUT2D eigenvalue weighted by atomic mass is 16.5. The van der Waals surface area contributed by atoms with Gasteiger partial charge in [-0.1, -0.05) is 18.1 Å². The van der Waals surface area contributed by atoms with Crippen molar-refractivity contribution in [3.8, 4) is 12.3 Å². The number of carbonyl (C=O) groups excluding carboxylic acids is 1. The molecule has 0 spiro atoms. The Labute approximate surface area is 95.4 Å². The van der Waals surface area contributed by atoms with E-state index in [0.717, 1.165) is 5.56 Å². The molecule has 16 heavy (non-hydrogen) atoms. The molecule has 0 aliphatic heterocycles. The molecule has 0 bridgehead atoms. The summed E-state index contributed by atoms with van der Waals surface area (Å²) in [7, 11) is 1.60. The Morgan fingerprint density at radius 3 is 2.94 bits per heavy atom. The number of ether oxygens (including phenoxy) is 2. The lowest BCUT2D eigenvalue weighted by atomic mass is 10.1. The van der Waals surface area contributed by atoms with E-state index in [4.69, 9.17) is 15.9 Å². The zero-order chi connectivity index (χ0) is 12.0. The molecule has 0 aromatic heterocycles. The highest BCUT2D eigenvalue weighted by Crippen LogP contribution is 2.08. The molecular formula is C13H14O3. The lowest BCUT2D eigenvalue weighted by Crippen LogP contribution is -2.13. The molecule has 0 heterocycles. The predicted octanol–water partition coefficient (Wildman–Crippen LogP) is 2.01. The Hall–Kier alpha value is -1.79. The molecule has 1 aromatic carbocycles. The molecule has 0 aliphatic carbocycles. The molecule has 1 rings (SSSR count). The second-order valence-corrected chi connectivity index (χ2v) is 3.35. The quantitative estimate of drug-likeness (QED) is 0.573. The molecule has 0 aliphatic rings. The maximum absolute atomic E-state index is 11.6. The Balaban J connectivity index is 2.76. The summed E-state index contributed by atoms with van der Waals surface area (Å²) in [6.07, 6.45) is 4.61. The number of terminal acetylenes is 1. The second kappa shape index (κ2) is 5.94. The first-order valence-corrected chi connectivity index (χ1v) is 4.92. The van der Waals surface area contributed by atoms with Gasteiger partial charge in [0.05, 0.1) is 12.2 Å². The molecule has 0 N–H and O–H groups in total. The van der Waals surface area contributed by atoms with E-state index >= 15 is 0 Å². The fourth-order valence-electron chi connectivity index (χ4n) is 1.22. The van der Waals surface area contributed by atoms with Crippen LogP contribution in [0.15, 0.2) is 24.3 Å². The smallest absolute Gasteiger partial charge is 0.339 e. The highest BCUT2D eigenvalue weighted by Gasteiger charge is 2.10. The fourth-order valence-corrected chi connectivity index (χ4v) is 1.22. The number of rotatable bonds is 4. The summed E-state index contributed by atoms with van der Waals surface area (Å²) in [6, 6.07) is 7.08. The summed E-state index contributed by atoms with van der Waals surface area (Å²) in [4.78, 5) is 11.6. The van der Waals surface area contributed by atoms with Crippen LogP contribution in [-0.4, -0.2) is 19.2 Å². The first-order chi connectivity index (χ1) is 7.67. The minimum Gasteiger partial charge on any atom is -0.446 e. The summed E-state index contributed by atoms with van der Waals surface area (Å²) < 4.78 is 9.98. The van der Waals surface area contributed by atoms with Crippen LogP contribution in [0.2, 0.25) is 0 Å². The number of carbonyl (C=O) groups is 1. The van der Waals surface area contributed by atoms with Gasteiger partial charge in [0, 0.05) is 7.11 Å². The van der Waals surface area contributed by atoms with E-state index in [9.17, 15) is 4.79 Å². The average molecular weight is 218 g/mol. The van der Waals surface area contributed by atoms with Crippen molar-refractivity contribution in [3.63, 3.8) is 0 Å². The molecular weight excluding hydrogens is 204 g/mol. The third-order valence-electron chi connectivity index (χ3n) is 1.99. The monoisotopic (exact) mass is 218 g/mol. The molecule has 0 saturated heterocycles. The van der Waals surface area contributed by atoms with Crippen LogP contribution in [0, 0.1) is 12.3 Å². The molecule has 0 saturated carbocycles. The van der Waals surface area contributed by atoms with E-state index in [-0.39, 0.29) is 0 Å². The third-order valence-corrected chi connectivity index (χ3v) is 1.99. The van der Waals surface area contributed by atoms with Gasteiger partial charge in [0.1, 0.15) is 0 Å². The molecule has 3 heteroatoms. The fraction of sp³-hybridized carbons (Fsp3) is 0.308. The zero-order valence-electron chi connectivity index (χ0n) is 9.40. The standard InChI is InChI=1S/C13H14O3/c1-4-10(2)16-13(14)12-7-5-6-11(8-12)9-15-3/h1,5-8,10H,9H2,2-3H3. The summed E-state index contributed by atoms with van der Waals surface area (Å²) >= 11 is 0. The van der Waals surface area contributed by atoms with Gasteiger partial charge in [0.2, 0.25) is 0 Å². The molecule has 1 unspecified atom stereocenters. The summed E-state index contributed by atoms with van der Waals surface area (Å²) in [5.41, 5.74) is 1.40. The number of benzene rings is 1. The van der Waals surface area contributed by atoms with Gasteiger partial charge in [0.15, 0.2) is 6.10 Å². The van der Waals surface area contributed by atoms with Crippen LogP contribution in [0.25, 0.3) is 0 Å². The van der Waals surface area contributed by atoms with E-state index < -0.39 is 12.1 Å². The summed E-state index contributed by atoms with van der Waals surface area (Å²) in [5.74, 6) is 1.92. The van der Waals surface area contributed by atoms with Crippen LogP contribution in [0.5, 0.6) is 0 Å². The van der Waals surface area contributed by atoms with Gasteiger partial charge in [-0.3, -0.25) is 0 Å². The number of hydrogen-bond acceptors (Lipinski definition) is 3. The molecule has 1 atom stereocenters. The van der Waals surface area contributed by atoms with Crippen molar-refractivity contribution < 1.29 is 14.3 Å². The van der Waals surface area contributed by atoms with Crippen LogP contribution in [0.4, 0.5) is 0 Å². The Kier molecular flexibility index (Phi) is 4.56. The maximum Gasteiger partial charge on any atom is 0.339 e. The van der Waals surface area contributed by atoms with Crippen LogP contribution >= 0.6 is 0 Å². The number of methoxy groups -OCH3 is 1. The lowest BCUT2D eigenvalue weighted by Gasteiger charge is -2.08. The summed E-state index contributed by atoms with van der Waals surface area (Å²) in [5, 5.41) is 0. The molecule has 3 nitrogen and oxygen atoms in total. The van der Waals surface area contributed by atoms with Gasteiger partial charge in [0.25, 0.3) is 0 Å². The van der Waals surface area contributed by atoms with Gasteiger partial charge >= 0.3 is 5.97 Å². The first kappa shape index (κ1) is 12.3. The van der Waals surface area contributed by atoms with E-state index in [1.807, 2.05) is 6.07 Å². The molecule has 0 fully saturated rings. The van der Waals surface area contributed by atoms with Gasteiger partial charge in [-0.2, -0.15) is 0 Å². The largest absolute Gasteiger partial charge is 0.446 e. The molecule has 1 aromatic rings. The van der Waals surface area contributed by atoms with Gasteiger partial charge < -0.3 is 9.47 Å². The van der Waals surface area contributed by atoms with E-state index in [0.29, 0.717) is 12.2 Å². The normalized spacial score (nSPS) is 11.6. The first-order valence-electron chi connectivity index (χ1n) is 4.92. The van der Waals surface area contributed by atoms with Crippen molar-refractivity contribution in [1.82, 2.24) is 0 Å². The lowest BCUT2D eigenvalue weighted by molar-refractivity contribution is 0.0438. The van der Waals surface area contributed by atoms with Crippen molar-refractivity contribution in [2.24, 2.45) is 0 Å². The van der Waals surface area contributed by atoms with Gasteiger partial charge in [-0.25, -0.2) is 4.79 Å². The second-order valence-electron chi connectivity index (χ2n) is 3.35. The topological polar surface area (TPSA) is 35.5 Å². The maximum atomic E-state index is 11.6. The average Bonchev–Trinajstić information content (AvgIpc) is 2.29. The van der Waals surface area contributed by atoms with Crippen molar-refractivity contribution in [2.75, 3.05) is 7.11 Å². The highest BCUT2D eigenvalue weighted by molar-refractivity contribution is 5.89.